The molecule has 0 aliphatic carbocycles. The Kier molecular flexibility index (Phi) is 8.04. The molecule has 1 aromatic rings. The van der Waals surface area contributed by atoms with Crippen molar-refractivity contribution in [3.63, 3.8) is 0 Å². The number of amides is 2. The van der Waals surface area contributed by atoms with Crippen molar-refractivity contribution in [2.75, 3.05) is 26.2 Å². The van der Waals surface area contributed by atoms with Crippen molar-refractivity contribution in [2.45, 2.75) is 38.4 Å². The lowest BCUT2D eigenvalue weighted by Crippen LogP contribution is -2.49. The van der Waals surface area contributed by atoms with Crippen LogP contribution in [0.15, 0.2) is 18.2 Å². The van der Waals surface area contributed by atoms with Crippen molar-refractivity contribution in [3.8, 4) is 0 Å². The number of hydrogen-bond acceptors (Lipinski definition) is 6. The number of rotatable bonds is 5. The Morgan fingerprint density at radius 2 is 1.94 bits per heavy atom. The van der Waals surface area contributed by atoms with Gasteiger partial charge < -0.3 is 19.5 Å². The van der Waals surface area contributed by atoms with Gasteiger partial charge in [0.05, 0.1) is 16.7 Å². The molecular formula is C18H25Cl2N3O7S. The minimum atomic E-state index is -4.30. The molecule has 0 bridgehead atoms. The van der Waals surface area contributed by atoms with Crippen molar-refractivity contribution in [3.05, 3.63) is 33.8 Å². The molecule has 0 saturated carbocycles. The minimum Gasteiger partial charge on any atom is -0.465 e. The zero-order valence-corrected chi connectivity index (χ0v) is 19.6. The Morgan fingerprint density at radius 1 is 1.26 bits per heavy atom. The van der Waals surface area contributed by atoms with E-state index in [2.05, 4.69) is 4.72 Å². The molecular weight excluding hydrogens is 473 g/mol. The maximum atomic E-state index is 12.4. The molecule has 1 aromatic carbocycles. The van der Waals surface area contributed by atoms with Crippen LogP contribution < -0.4 is 9.44 Å². The van der Waals surface area contributed by atoms with Gasteiger partial charge >= 0.3 is 22.4 Å². The first-order valence-corrected chi connectivity index (χ1v) is 11.5. The van der Waals surface area contributed by atoms with Gasteiger partial charge in [-0.2, -0.15) is 13.1 Å². The van der Waals surface area contributed by atoms with Crippen LogP contribution in [0.25, 0.3) is 0 Å². The smallest absolute Gasteiger partial charge is 0.422 e. The standard InChI is InChI=1S/C18H25Cl2N3O7S/c1-17(2,3)30-15(24)22-31(27,28)21-11-18(12-4-5-13(19)14(20)10-12)6-7-23(16(25)26)8-9-29-18/h4-5,10,21H,6-9,11H2,1-3H3,(H,22,24)(H,25,26)/t18-/m1/s1. The van der Waals surface area contributed by atoms with E-state index in [0.717, 1.165) is 0 Å². The summed E-state index contributed by atoms with van der Waals surface area (Å²) >= 11 is 12.1. The van der Waals surface area contributed by atoms with E-state index in [1.54, 1.807) is 31.6 Å². The molecule has 1 fully saturated rings. The third-order valence-corrected chi connectivity index (χ3v) is 6.10. The summed E-state index contributed by atoms with van der Waals surface area (Å²) in [4.78, 5) is 24.4. The van der Waals surface area contributed by atoms with E-state index >= 15 is 0 Å². The zero-order chi connectivity index (χ0) is 23.4. The molecule has 0 aromatic heterocycles. The molecule has 1 heterocycles. The quantitative estimate of drug-likeness (QED) is 0.568. The molecule has 174 valence electrons. The Balaban J connectivity index is 2.26. The maximum absolute atomic E-state index is 12.4. The molecule has 2 rings (SSSR count). The SMILES string of the molecule is CC(C)(C)OC(=O)NS(=O)(=O)NC[C@@]1(c2ccc(Cl)c(Cl)c2)CCN(C(=O)O)CCO1. The van der Waals surface area contributed by atoms with Crippen molar-refractivity contribution < 1.29 is 32.6 Å². The first kappa shape index (κ1) is 25.5. The largest absolute Gasteiger partial charge is 0.465 e. The zero-order valence-electron chi connectivity index (χ0n) is 17.3. The highest BCUT2D eigenvalue weighted by atomic mass is 35.5. The fourth-order valence-corrected chi connectivity index (χ4v) is 4.00. The number of carbonyl (C=O) groups excluding carboxylic acids is 1. The number of halogens is 2. The molecule has 31 heavy (non-hydrogen) atoms. The van der Waals surface area contributed by atoms with E-state index < -0.39 is 33.6 Å². The number of benzene rings is 1. The van der Waals surface area contributed by atoms with Crippen LogP contribution in [0.2, 0.25) is 10.0 Å². The van der Waals surface area contributed by atoms with Crippen molar-refractivity contribution in [1.82, 2.24) is 14.3 Å². The first-order chi connectivity index (χ1) is 14.2. The van der Waals surface area contributed by atoms with Crippen LogP contribution in [-0.4, -0.2) is 62.5 Å². The van der Waals surface area contributed by atoms with Gasteiger partial charge in [-0.15, -0.1) is 0 Å². The van der Waals surface area contributed by atoms with Crippen LogP contribution >= 0.6 is 23.2 Å². The summed E-state index contributed by atoms with van der Waals surface area (Å²) in [6.45, 7) is 4.72. The third kappa shape index (κ3) is 7.39. The Morgan fingerprint density at radius 3 is 2.52 bits per heavy atom. The molecule has 0 unspecified atom stereocenters. The summed E-state index contributed by atoms with van der Waals surface area (Å²) in [5.74, 6) is 0. The van der Waals surface area contributed by atoms with Crippen LogP contribution in [0, 0.1) is 0 Å². The lowest BCUT2D eigenvalue weighted by molar-refractivity contribution is -0.0386. The summed E-state index contributed by atoms with van der Waals surface area (Å²) in [6, 6.07) is 4.70. The lowest BCUT2D eigenvalue weighted by atomic mass is 9.90. The number of carboxylic acid groups (broad SMARTS) is 1. The third-order valence-electron chi connectivity index (χ3n) is 4.41. The Labute approximate surface area is 191 Å². The molecule has 1 aliphatic heterocycles. The van der Waals surface area contributed by atoms with Crippen LogP contribution in [0.4, 0.5) is 9.59 Å². The van der Waals surface area contributed by atoms with Crippen molar-refractivity contribution in [2.24, 2.45) is 0 Å². The molecule has 2 amide bonds. The van der Waals surface area contributed by atoms with Crippen LogP contribution in [0.3, 0.4) is 0 Å². The molecule has 1 atom stereocenters. The van der Waals surface area contributed by atoms with E-state index in [1.807, 2.05) is 0 Å². The molecule has 3 N–H and O–H groups in total. The topological polar surface area (TPSA) is 134 Å². The van der Waals surface area contributed by atoms with E-state index in [1.165, 1.54) is 17.0 Å². The molecule has 0 radical (unpaired) electrons. The highest BCUT2D eigenvalue weighted by molar-refractivity contribution is 7.88. The van der Waals surface area contributed by atoms with E-state index in [0.29, 0.717) is 10.6 Å². The van der Waals surface area contributed by atoms with E-state index in [-0.39, 0.29) is 37.7 Å². The Bertz CT molecular complexity index is 937. The summed E-state index contributed by atoms with van der Waals surface area (Å²) in [6.07, 6.45) is -2.12. The second kappa shape index (κ2) is 9.78. The second-order valence-electron chi connectivity index (χ2n) is 7.92. The normalized spacial score (nSPS) is 20.1. The number of nitrogens with zero attached hydrogens (tertiary/aromatic N) is 1. The first-order valence-electron chi connectivity index (χ1n) is 9.31. The number of hydrogen-bond donors (Lipinski definition) is 3. The fraction of sp³-hybridized carbons (Fsp3) is 0.556. The van der Waals surface area contributed by atoms with Gasteiger partial charge in [-0.1, -0.05) is 29.3 Å². The van der Waals surface area contributed by atoms with Gasteiger partial charge in [0.2, 0.25) is 0 Å². The van der Waals surface area contributed by atoms with Gasteiger partial charge in [0, 0.05) is 19.6 Å². The van der Waals surface area contributed by atoms with Gasteiger partial charge in [-0.25, -0.2) is 14.3 Å². The Hall–Kier alpha value is -1.79. The molecule has 0 spiro atoms. The average Bonchev–Trinajstić information content (AvgIpc) is 2.84. The van der Waals surface area contributed by atoms with Gasteiger partial charge in [-0.3, -0.25) is 0 Å². The lowest BCUT2D eigenvalue weighted by Gasteiger charge is -2.33. The van der Waals surface area contributed by atoms with Crippen molar-refractivity contribution >= 4 is 45.6 Å². The number of nitrogens with one attached hydrogen (secondary N) is 2. The molecule has 1 aliphatic rings. The molecule has 13 heteroatoms. The van der Waals surface area contributed by atoms with Crippen LogP contribution in [0.1, 0.15) is 32.8 Å². The number of ether oxygens (including phenoxy) is 2. The van der Waals surface area contributed by atoms with E-state index in [4.69, 9.17) is 32.7 Å². The van der Waals surface area contributed by atoms with Gasteiger partial charge in [0.25, 0.3) is 0 Å². The highest BCUT2D eigenvalue weighted by Gasteiger charge is 2.38. The summed E-state index contributed by atoms with van der Waals surface area (Å²) in [5, 5.41) is 9.83. The van der Waals surface area contributed by atoms with Gasteiger partial charge in [0.1, 0.15) is 11.2 Å². The maximum Gasteiger partial charge on any atom is 0.422 e. The summed E-state index contributed by atoms with van der Waals surface area (Å²) in [5.41, 5.74) is -1.62. The summed E-state index contributed by atoms with van der Waals surface area (Å²) in [7, 11) is -4.30. The van der Waals surface area contributed by atoms with Crippen molar-refractivity contribution in [1.29, 1.82) is 0 Å². The van der Waals surface area contributed by atoms with Gasteiger partial charge in [0.15, 0.2) is 0 Å². The average molecular weight is 498 g/mol. The highest BCUT2D eigenvalue weighted by Crippen LogP contribution is 2.35. The predicted octanol–water partition coefficient (Wildman–Crippen LogP) is 2.95. The fourth-order valence-electron chi connectivity index (χ4n) is 2.95. The van der Waals surface area contributed by atoms with Gasteiger partial charge in [-0.05, 0) is 44.9 Å². The molecule has 1 saturated heterocycles. The molecule has 10 nitrogen and oxygen atoms in total. The number of carbonyl (C=O) groups is 2. The second-order valence-corrected chi connectivity index (χ2v) is 10.2. The van der Waals surface area contributed by atoms with E-state index in [9.17, 15) is 23.1 Å². The van der Waals surface area contributed by atoms with Crippen LogP contribution in [0.5, 0.6) is 0 Å². The predicted molar refractivity (Wildman–Crippen MR) is 115 cm³/mol. The van der Waals surface area contributed by atoms with Crippen LogP contribution in [-0.2, 0) is 25.3 Å². The minimum absolute atomic E-state index is 0.0216. The monoisotopic (exact) mass is 497 g/mol. The summed E-state index contributed by atoms with van der Waals surface area (Å²) < 4.78 is 39.8.